The molecule has 1 aromatic heterocycles. The predicted octanol–water partition coefficient (Wildman–Crippen LogP) is 4.81. The highest BCUT2D eigenvalue weighted by Gasteiger charge is 2.15. The lowest BCUT2D eigenvalue weighted by atomic mass is 10.0. The number of methoxy groups -OCH3 is 3. The van der Waals surface area contributed by atoms with Gasteiger partial charge in [-0.15, -0.1) is 0 Å². The van der Waals surface area contributed by atoms with Crippen LogP contribution in [0.3, 0.4) is 0 Å². The zero-order chi connectivity index (χ0) is 24.9. The van der Waals surface area contributed by atoms with E-state index in [0.717, 1.165) is 5.56 Å². The number of fused-ring (bicyclic) bond motifs is 1. The molecule has 1 heterocycles. The number of hydrogen-bond acceptors (Lipinski definition) is 7. The van der Waals surface area contributed by atoms with Crippen molar-refractivity contribution in [3.05, 3.63) is 76.6 Å². The monoisotopic (exact) mass is 475 g/mol. The van der Waals surface area contributed by atoms with Crippen molar-refractivity contribution in [1.82, 2.24) is 0 Å². The average Bonchev–Trinajstić information content (AvgIpc) is 2.88. The molecule has 0 atom stereocenters. The van der Waals surface area contributed by atoms with Crippen LogP contribution in [0.15, 0.2) is 69.9 Å². The summed E-state index contributed by atoms with van der Waals surface area (Å²) in [5.41, 5.74) is 1.95. The van der Waals surface area contributed by atoms with Gasteiger partial charge in [-0.2, -0.15) is 0 Å². The fraction of sp³-hybridized carbons (Fsp3) is 0.185. The molecule has 180 valence electrons. The van der Waals surface area contributed by atoms with Gasteiger partial charge in [0, 0.05) is 12.1 Å². The molecule has 0 unspecified atom stereocenters. The summed E-state index contributed by atoms with van der Waals surface area (Å²) in [7, 11) is 4.64. The summed E-state index contributed by atoms with van der Waals surface area (Å²) in [6.45, 7) is 1.50. The second kappa shape index (κ2) is 10.2. The minimum Gasteiger partial charge on any atom is -0.497 e. The first-order valence-electron chi connectivity index (χ1n) is 10.8. The smallest absolute Gasteiger partial charge is 0.262 e. The molecule has 8 nitrogen and oxygen atoms in total. The summed E-state index contributed by atoms with van der Waals surface area (Å²) in [5.74, 6) is 2.28. The fourth-order valence-corrected chi connectivity index (χ4v) is 3.70. The molecule has 0 saturated heterocycles. The van der Waals surface area contributed by atoms with E-state index in [1.54, 1.807) is 69.7 Å². The Morgan fingerprint density at radius 1 is 0.857 bits per heavy atom. The van der Waals surface area contributed by atoms with Crippen LogP contribution in [0.1, 0.15) is 5.76 Å². The lowest BCUT2D eigenvalue weighted by Gasteiger charge is -2.12. The van der Waals surface area contributed by atoms with Crippen molar-refractivity contribution in [3.63, 3.8) is 0 Å². The van der Waals surface area contributed by atoms with Crippen LogP contribution in [0.4, 0.5) is 5.69 Å². The molecule has 4 rings (SSSR count). The number of amides is 1. The Labute approximate surface area is 202 Å². The Morgan fingerprint density at radius 3 is 2.23 bits per heavy atom. The van der Waals surface area contributed by atoms with Crippen molar-refractivity contribution in [1.29, 1.82) is 0 Å². The summed E-state index contributed by atoms with van der Waals surface area (Å²) in [4.78, 5) is 25.6. The van der Waals surface area contributed by atoms with Gasteiger partial charge >= 0.3 is 0 Å². The second-order valence-corrected chi connectivity index (χ2v) is 7.65. The fourth-order valence-electron chi connectivity index (χ4n) is 3.70. The Balaban J connectivity index is 1.51. The molecular formula is C27H25NO7. The van der Waals surface area contributed by atoms with E-state index in [4.69, 9.17) is 23.4 Å². The molecule has 1 N–H and O–H groups in total. The third-order valence-corrected chi connectivity index (χ3v) is 5.47. The Morgan fingerprint density at radius 2 is 1.54 bits per heavy atom. The number of nitrogens with one attached hydrogen (secondary N) is 1. The molecule has 0 aliphatic carbocycles. The van der Waals surface area contributed by atoms with Crippen molar-refractivity contribution in [2.24, 2.45) is 0 Å². The standard InChI is InChI=1S/C27H25NO7/c1-16-26(17-5-7-18(31-2)8-6-17)27(30)21-11-9-20(14-23(21)35-16)34-15-25(29)28-22-12-10-19(32-3)13-24(22)33-4/h5-14H,15H2,1-4H3,(H,28,29). The van der Waals surface area contributed by atoms with Gasteiger partial charge in [-0.25, -0.2) is 0 Å². The highest BCUT2D eigenvalue weighted by atomic mass is 16.5. The Hall–Kier alpha value is -4.46. The lowest BCUT2D eigenvalue weighted by Crippen LogP contribution is -2.20. The van der Waals surface area contributed by atoms with Crippen LogP contribution in [-0.4, -0.2) is 33.8 Å². The molecule has 8 heteroatoms. The van der Waals surface area contributed by atoms with Crippen LogP contribution in [0.5, 0.6) is 23.0 Å². The van der Waals surface area contributed by atoms with Gasteiger partial charge in [-0.1, -0.05) is 12.1 Å². The summed E-state index contributed by atoms with van der Waals surface area (Å²) in [5, 5.41) is 3.16. The maximum Gasteiger partial charge on any atom is 0.262 e. The first-order chi connectivity index (χ1) is 16.9. The van der Waals surface area contributed by atoms with E-state index in [0.29, 0.717) is 51.0 Å². The number of hydrogen-bond donors (Lipinski definition) is 1. The van der Waals surface area contributed by atoms with Gasteiger partial charge in [0.05, 0.1) is 38.0 Å². The van der Waals surface area contributed by atoms with Crippen molar-refractivity contribution < 1.29 is 28.2 Å². The number of rotatable bonds is 8. The van der Waals surface area contributed by atoms with Gasteiger partial charge in [0.15, 0.2) is 6.61 Å². The van der Waals surface area contributed by atoms with Gasteiger partial charge in [-0.05, 0) is 48.9 Å². The van der Waals surface area contributed by atoms with E-state index in [2.05, 4.69) is 5.32 Å². The van der Waals surface area contributed by atoms with E-state index < -0.39 is 0 Å². The number of ether oxygens (including phenoxy) is 4. The zero-order valence-electron chi connectivity index (χ0n) is 19.8. The first-order valence-corrected chi connectivity index (χ1v) is 10.8. The Kier molecular flexibility index (Phi) is 6.91. The molecule has 0 radical (unpaired) electrons. The number of aryl methyl sites for hydroxylation is 1. The Bertz CT molecular complexity index is 1420. The third kappa shape index (κ3) is 5.06. The molecule has 0 bridgehead atoms. The minimum atomic E-state index is -0.374. The lowest BCUT2D eigenvalue weighted by molar-refractivity contribution is -0.118. The van der Waals surface area contributed by atoms with Crippen LogP contribution in [0.2, 0.25) is 0 Å². The first kappa shape index (κ1) is 23.7. The van der Waals surface area contributed by atoms with Crippen molar-refractivity contribution in [2.75, 3.05) is 33.3 Å². The second-order valence-electron chi connectivity index (χ2n) is 7.65. The van der Waals surface area contributed by atoms with Gasteiger partial charge in [0.1, 0.15) is 34.3 Å². The predicted molar refractivity (Wildman–Crippen MR) is 133 cm³/mol. The summed E-state index contributed by atoms with van der Waals surface area (Å²) >= 11 is 0. The molecular weight excluding hydrogens is 450 g/mol. The van der Waals surface area contributed by atoms with Crippen molar-refractivity contribution in [3.8, 4) is 34.1 Å². The molecule has 0 fully saturated rings. The van der Waals surface area contributed by atoms with Crippen LogP contribution >= 0.6 is 0 Å². The quantitative estimate of drug-likeness (QED) is 0.391. The van der Waals surface area contributed by atoms with E-state index in [-0.39, 0.29) is 17.9 Å². The topological polar surface area (TPSA) is 96.2 Å². The number of benzene rings is 3. The molecule has 0 aliphatic rings. The number of anilines is 1. The van der Waals surface area contributed by atoms with Crippen LogP contribution < -0.4 is 29.7 Å². The zero-order valence-corrected chi connectivity index (χ0v) is 19.8. The normalized spacial score (nSPS) is 10.6. The maximum absolute atomic E-state index is 13.2. The highest BCUT2D eigenvalue weighted by molar-refractivity contribution is 5.93. The van der Waals surface area contributed by atoms with Crippen molar-refractivity contribution in [2.45, 2.75) is 6.92 Å². The molecule has 4 aromatic rings. The molecule has 3 aromatic carbocycles. The number of carbonyl (C=O) groups is 1. The van der Waals surface area contributed by atoms with Crippen LogP contribution in [0.25, 0.3) is 22.1 Å². The van der Waals surface area contributed by atoms with Gasteiger partial charge in [0.25, 0.3) is 5.91 Å². The van der Waals surface area contributed by atoms with Gasteiger partial charge in [-0.3, -0.25) is 9.59 Å². The third-order valence-electron chi connectivity index (χ3n) is 5.47. The largest absolute Gasteiger partial charge is 0.497 e. The van der Waals surface area contributed by atoms with Gasteiger partial charge in [0.2, 0.25) is 5.43 Å². The number of carbonyl (C=O) groups excluding carboxylic acids is 1. The summed E-state index contributed by atoms with van der Waals surface area (Å²) in [6.07, 6.45) is 0. The summed E-state index contributed by atoms with van der Waals surface area (Å²) < 4.78 is 27.2. The molecule has 0 spiro atoms. The molecule has 1 amide bonds. The molecule has 0 saturated carbocycles. The van der Waals surface area contributed by atoms with Crippen LogP contribution in [0, 0.1) is 6.92 Å². The van der Waals surface area contributed by atoms with E-state index in [1.807, 2.05) is 12.1 Å². The maximum atomic E-state index is 13.2. The van der Waals surface area contributed by atoms with Gasteiger partial charge < -0.3 is 28.7 Å². The van der Waals surface area contributed by atoms with Crippen molar-refractivity contribution >= 4 is 22.6 Å². The SMILES string of the molecule is COc1ccc(-c2c(C)oc3cc(OCC(=O)Nc4ccc(OC)cc4OC)ccc3c2=O)cc1. The molecule has 0 aliphatic heterocycles. The van der Waals surface area contributed by atoms with E-state index in [1.165, 1.54) is 7.11 Å². The average molecular weight is 475 g/mol. The van der Waals surface area contributed by atoms with E-state index in [9.17, 15) is 9.59 Å². The minimum absolute atomic E-state index is 0.148. The van der Waals surface area contributed by atoms with E-state index >= 15 is 0 Å². The molecule has 35 heavy (non-hydrogen) atoms. The van der Waals surface area contributed by atoms with Crippen LogP contribution in [-0.2, 0) is 4.79 Å². The summed E-state index contributed by atoms with van der Waals surface area (Å²) in [6, 6.07) is 17.2. The highest BCUT2D eigenvalue weighted by Crippen LogP contribution is 2.30.